The van der Waals surface area contributed by atoms with E-state index in [4.69, 9.17) is 0 Å². The maximum Gasteiger partial charge on any atom is 0.0714 e. The Morgan fingerprint density at radius 1 is 0.226 bits per heavy atom. The van der Waals surface area contributed by atoms with E-state index < -0.39 is 5.41 Å². The molecule has 0 unspecified atom stereocenters. The smallest absolute Gasteiger partial charge is 0.0622 e. The fraction of sp³-hybridized carbons (Fsp3) is 0.214. The van der Waals surface area contributed by atoms with E-state index in [1.807, 2.05) is 0 Å². The van der Waals surface area contributed by atoms with E-state index in [2.05, 4.69) is 339 Å². The van der Waals surface area contributed by atoms with Gasteiger partial charge in [0.1, 0.15) is 0 Å². The molecule has 11 aromatic carbocycles. The van der Waals surface area contributed by atoms with Gasteiger partial charge in [0.2, 0.25) is 0 Å². The third-order valence-corrected chi connectivity index (χ3v) is 17.9. The van der Waals surface area contributed by atoms with Gasteiger partial charge in [-0.1, -0.05) is 289 Å². The molecule has 0 heterocycles. The average molecular weight is 1090 g/mol. The second kappa shape index (κ2) is 21.2. The van der Waals surface area contributed by atoms with Crippen molar-refractivity contribution >= 4 is 0 Å². The summed E-state index contributed by atoms with van der Waals surface area (Å²) >= 11 is 0. The molecular weight excluding hydrogens is 1010 g/mol. The zero-order valence-electron chi connectivity index (χ0n) is 51.7. The lowest BCUT2D eigenvalue weighted by molar-refractivity contribution is 0.590. The molecule has 0 heteroatoms. The monoisotopic (exact) mass is 1090 g/mol. The molecule has 0 atom stereocenters. The first-order valence-electron chi connectivity index (χ1n) is 30.3. The van der Waals surface area contributed by atoms with Crippen molar-refractivity contribution in [1.82, 2.24) is 0 Å². The van der Waals surface area contributed by atoms with Gasteiger partial charge in [-0.15, -0.1) is 0 Å². The fourth-order valence-electron chi connectivity index (χ4n) is 12.9. The van der Waals surface area contributed by atoms with Gasteiger partial charge in [-0.05, 0) is 211 Å². The van der Waals surface area contributed by atoms with Gasteiger partial charge in [-0.3, -0.25) is 0 Å². The van der Waals surface area contributed by atoms with Gasteiger partial charge in [-0.25, -0.2) is 0 Å². The van der Waals surface area contributed by atoms with Crippen LogP contribution < -0.4 is 0 Å². The molecule has 1 aliphatic carbocycles. The Morgan fingerprint density at radius 2 is 0.560 bits per heavy atom. The molecule has 0 aliphatic heterocycles. The molecular formula is C84H80. The molecule has 0 nitrogen and oxygen atoms in total. The highest BCUT2D eigenvalue weighted by Crippen LogP contribution is 2.59. The van der Waals surface area contributed by atoms with Crippen LogP contribution in [0.1, 0.15) is 133 Å². The molecule has 416 valence electrons. The Balaban J connectivity index is 1.09. The van der Waals surface area contributed by atoms with Crippen LogP contribution in [-0.4, -0.2) is 0 Å². The molecule has 0 radical (unpaired) electrons. The van der Waals surface area contributed by atoms with E-state index in [-0.39, 0.29) is 21.7 Å². The Labute approximate surface area is 502 Å². The molecule has 0 N–H and O–H groups in total. The second-order valence-electron chi connectivity index (χ2n) is 28.0. The topological polar surface area (TPSA) is 0 Å². The first-order valence-corrected chi connectivity index (χ1v) is 30.3. The highest BCUT2D eigenvalue weighted by Gasteiger charge is 2.47. The molecule has 1 aliphatic rings. The Kier molecular flexibility index (Phi) is 14.1. The lowest BCUT2D eigenvalue weighted by Crippen LogP contribution is -2.28. The van der Waals surface area contributed by atoms with Gasteiger partial charge in [0.25, 0.3) is 0 Å². The van der Waals surface area contributed by atoms with Crippen LogP contribution in [0, 0.1) is 6.92 Å². The lowest BCUT2D eigenvalue weighted by Gasteiger charge is -2.35. The van der Waals surface area contributed by atoms with Crippen LogP contribution in [0.25, 0.3) is 89.0 Å². The highest BCUT2D eigenvalue weighted by molar-refractivity contribution is 5.96. The van der Waals surface area contributed by atoms with Gasteiger partial charge < -0.3 is 0 Å². The van der Waals surface area contributed by atoms with Crippen LogP contribution in [0.5, 0.6) is 0 Å². The molecule has 12 rings (SSSR count). The molecule has 84 heavy (non-hydrogen) atoms. The van der Waals surface area contributed by atoms with E-state index in [0.717, 1.165) is 0 Å². The van der Waals surface area contributed by atoms with Crippen molar-refractivity contribution < 1.29 is 0 Å². The SMILES string of the molecule is Cc1ccc2c(c1)-c1c(-c3ccccc3)cccc1C2(c1cccc(-c2cc(-c3ccc(C(C)(C)C)cc3)cc(-c3ccc(C(C)(C)C)cc3)c2)c1)c1cccc(-c2cc(-c3ccc(C(C)(C)C)cc3)cc(-c3ccc(C(C)(C)C)cc3)c2)c1. The maximum atomic E-state index is 2.51. The first kappa shape index (κ1) is 55.9. The van der Waals surface area contributed by atoms with Crippen molar-refractivity contribution in [3.63, 3.8) is 0 Å². The zero-order chi connectivity index (χ0) is 58.9. The van der Waals surface area contributed by atoms with Crippen molar-refractivity contribution in [3.8, 4) is 89.0 Å². The lowest BCUT2D eigenvalue weighted by atomic mass is 9.66. The molecule has 0 fully saturated rings. The Morgan fingerprint density at radius 3 is 0.917 bits per heavy atom. The van der Waals surface area contributed by atoms with Crippen LogP contribution in [-0.2, 0) is 27.1 Å². The van der Waals surface area contributed by atoms with E-state index in [1.165, 1.54) is 139 Å². The number of hydrogen-bond acceptors (Lipinski definition) is 0. The van der Waals surface area contributed by atoms with Gasteiger partial charge in [0.05, 0.1) is 5.41 Å². The first-order chi connectivity index (χ1) is 40.0. The van der Waals surface area contributed by atoms with Gasteiger partial charge in [-0.2, -0.15) is 0 Å². The summed E-state index contributed by atoms with van der Waals surface area (Å²) in [4.78, 5) is 0. The van der Waals surface area contributed by atoms with E-state index in [9.17, 15) is 0 Å². The molecule has 0 amide bonds. The summed E-state index contributed by atoms with van der Waals surface area (Å²) < 4.78 is 0. The third kappa shape index (κ3) is 10.6. The normalized spacial score (nSPS) is 13.2. The van der Waals surface area contributed by atoms with Crippen molar-refractivity contribution in [2.24, 2.45) is 0 Å². The summed E-state index contributed by atoms with van der Waals surface area (Å²) in [6, 6.07) is 95.7. The summed E-state index contributed by atoms with van der Waals surface area (Å²) in [6.45, 7) is 29.7. The van der Waals surface area contributed by atoms with E-state index in [0.29, 0.717) is 0 Å². The maximum absolute atomic E-state index is 2.51. The fourth-order valence-corrected chi connectivity index (χ4v) is 12.9. The largest absolute Gasteiger partial charge is 0.0714 e. The molecule has 0 aromatic heterocycles. The molecule has 0 spiro atoms. The van der Waals surface area contributed by atoms with E-state index in [1.54, 1.807) is 0 Å². The second-order valence-corrected chi connectivity index (χ2v) is 28.0. The molecule has 0 saturated carbocycles. The van der Waals surface area contributed by atoms with Gasteiger partial charge in [0.15, 0.2) is 0 Å². The number of hydrogen-bond donors (Lipinski definition) is 0. The van der Waals surface area contributed by atoms with Crippen LogP contribution in [0.3, 0.4) is 0 Å². The van der Waals surface area contributed by atoms with Crippen LogP contribution in [0.4, 0.5) is 0 Å². The average Bonchev–Trinajstić information content (AvgIpc) is 2.79. The number of fused-ring (bicyclic) bond motifs is 3. The predicted molar refractivity (Wildman–Crippen MR) is 361 cm³/mol. The number of rotatable bonds is 9. The van der Waals surface area contributed by atoms with Crippen molar-refractivity contribution in [1.29, 1.82) is 0 Å². The third-order valence-electron chi connectivity index (χ3n) is 17.9. The minimum atomic E-state index is -0.701. The predicted octanol–water partition coefficient (Wildman–Crippen LogP) is 23.2. The van der Waals surface area contributed by atoms with Crippen molar-refractivity contribution in [2.75, 3.05) is 0 Å². The highest BCUT2D eigenvalue weighted by atomic mass is 14.5. The summed E-state index contributed by atoms with van der Waals surface area (Å²) in [5.41, 5.74) is 30.5. The van der Waals surface area contributed by atoms with Gasteiger partial charge in [0, 0.05) is 0 Å². The molecule has 0 bridgehead atoms. The van der Waals surface area contributed by atoms with Crippen LogP contribution >= 0.6 is 0 Å². The zero-order valence-corrected chi connectivity index (χ0v) is 51.7. The quantitative estimate of drug-likeness (QED) is 0.135. The van der Waals surface area contributed by atoms with Crippen LogP contribution in [0.15, 0.2) is 249 Å². The molecule has 11 aromatic rings. The Bertz CT molecular complexity index is 3860. The van der Waals surface area contributed by atoms with Crippen LogP contribution in [0.2, 0.25) is 0 Å². The Hall–Kier alpha value is -8.58. The van der Waals surface area contributed by atoms with Crippen molar-refractivity contribution in [2.45, 2.75) is 117 Å². The number of benzene rings is 11. The summed E-state index contributed by atoms with van der Waals surface area (Å²) in [5.74, 6) is 0. The summed E-state index contributed by atoms with van der Waals surface area (Å²) in [5, 5.41) is 0. The minimum Gasteiger partial charge on any atom is -0.0622 e. The van der Waals surface area contributed by atoms with Crippen molar-refractivity contribution in [3.05, 3.63) is 299 Å². The molecule has 0 saturated heterocycles. The standard InChI is InChI=1S/C84H80/c1-55-28-45-77-76(46-55)79-75(60-20-15-14-16-21-60)26-19-27-78(79)84(77,73-24-17-22-61(53-73)67-49-63(56-29-37-69(38-30-56)80(2,3)4)47-64(50-67)57-31-39-70(40-32-57)81(5,6)7)74-25-18-23-62(54-74)68-51-65(58-33-41-71(42-34-58)82(8,9)10)48-66(52-68)59-35-43-72(44-36-59)83(11,12)13/h14-54H,1-13H3. The summed E-state index contributed by atoms with van der Waals surface area (Å²) in [7, 11) is 0. The number of aryl methyl sites for hydroxylation is 1. The van der Waals surface area contributed by atoms with E-state index >= 15 is 0 Å². The van der Waals surface area contributed by atoms with Gasteiger partial charge >= 0.3 is 0 Å². The minimum absolute atomic E-state index is 0.0547. The summed E-state index contributed by atoms with van der Waals surface area (Å²) in [6.07, 6.45) is 0.